The topological polar surface area (TPSA) is 64.1 Å². The van der Waals surface area contributed by atoms with Crippen molar-refractivity contribution in [2.24, 2.45) is 5.92 Å². The first-order chi connectivity index (χ1) is 18.6. The van der Waals surface area contributed by atoms with E-state index in [4.69, 9.17) is 0 Å². The largest absolute Gasteiger partial charge is 0.480 e. The normalized spacial score (nSPS) is 24.2. The molecule has 4 atom stereocenters. The van der Waals surface area contributed by atoms with Gasteiger partial charge in [-0.3, -0.25) is 19.4 Å². The van der Waals surface area contributed by atoms with E-state index >= 15 is 0 Å². The molecule has 2 aliphatic rings. The number of amides is 1. The molecule has 218 valence electrons. The summed E-state index contributed by atoms with van der Waals surface area (Å²) in [6.07, 6.45) is -0.00972. The number of likely N-dealkylation sites (tertiary alicyclic amines) is 1. The van der Waals surface area contributed by atoms with Crippen LogP contribution in [-0.2, 0) is 16.0 Å². The molecule has 0 bridgehead atoms. The van der Waals surface area contributed by atoms with Gasteiger partial charge in [-0.05, 0) is 70.4 Å². The van der Waals surface area contributed by atoms with Gasteiger partial charge in [0.15, 0.2) is 0 Å². The Morgan fingerprint density at radius 3 is 2.20 bits per heavy atom. The van der Waals surface area contributed by atoms with Gasteiger partial charge >= 0.3 is 5.97 Å². The van der Waals surface area contributed by atoms with Gasteiger partial charge in [-0.1, -0.05) is 18.2 Å². The molecule has 40 heavy (non-hydrogen) atoms. The summed E-state index contributed by atoms with van der Waals surface area (Å²) in [6, 6.07) is 8.01. The van der Waals surface area contributed by atoms with Crippen LogP contribution in [0.2, 0.25) is 0 Å². The second kappa shape index (κ2) is 11.2. The van der Waals surface area contributed by atoms with Crippen LogP contribution in [0.25, 0.3) is 0 Å². The van der Waals surface area contributed by atoms with Gasteiger partial charge in [-0.25, -0.2) is 13.2 Å². The van der Waals surface area contributed by atoms with Gasteiger partial charge in [0.25, 0.3) is 0 Å². The first-order valence-corrected chi connectivity index (χ1v) is 13.9. The minimum Gasteiger partial charge on any atom is -0.480 e. The number of aliphatic carboxylic acids is 1. The number of carbonyl (C=O) groups excluding carboxylic acids is 1. The fourth-order valence-corrected chi connectivity index (χ4v) is 6.15. The third-order valence-corrected chi connectivity index (χ3v) is 8.76. The number of rotatable bonds is 6. The van der Waals surface area contributed by atoms with Gasteiger partial charge in [-0.15, -0.1) is 0 Å². The molecule has 1 amide bonds. The summed E-state index contributed by atoms with van der Waals surface area (Å²) in [5.74, 6) is -3.88. The minimum atomic E-state index is -1.37. The van der Waals surface area contributed by atoms with Crippen LogP contribution in [0.4, 0.5) is 13.2 Å². The molecule has 9 heteroatoms. The molecule has 2 aromatic carbocycles. The molecule has 2 aliphatic heterocycles. The lowest BCUT2D eigenvalue weighted by Gasteiger charge is -2.47. The van der Waals surface area contributed by atoms with Crippen molar-refractivity contribution in [3.05, 3.63) is 70.5 Å². The first-order valence-electron chi connectivity index (χ1n) is 13.9. The Labute approximate surface area is 234 Å². The van der Waals surface area contributed by atoms with E-state index in [1.165, 1.54) is 18.2 Å². The Bertz CT molecular complexity index is 1280. The summed E-state index contributed by atoms with van der Waals surface area (Å²) in [5.41, 5.74) is -0.191. The average Bonchev–Trinajstić information content (AvgIpc) is 3.31. The highest BCUT2D eigenvalue weighted by atomic mass is 19.1. The minimum absolute atomic E-state index is 0.00972. The van der Waals surface area contributed by atoms with Crippen molar-refractivity contribution in [1.29, 1.82) is 0 Å². The Hall–Kier alpha value is -2.91. The Kier molecular flexibility index (Phi) is 8.39. The van der Waals surface area contributed by atoms with Gasteiger partial charge in [0.1, 0.15) is 23.0 Å². The van der Waals surface area contributed by atoms with Gasteiger partial charge in [0.2, 0.25) is 5.91 Å². The monoisotopic (exact) mass is 559 g/mol. The van der Waals surface area contributed by atoms with Crippen molar-refractivity contribution in [3.63, 3.8) is 0 Å². The lowest BCUT2D eigenvalue weighted by Crippen LogP contribution is -2.64. The first kappa shape index (κ1) is 30.1. The molecule has 6 nitrogen and oxygen atoms in total. The summed E-state index contributed by atoms with van der Waals surface area (Å²) < 4.78 is 43.2. The Morgan fingerprint density at radius 2 is 1.62 bits per heavy atom. The van der Waals surface area contributed by atoms with Crippen LogP contribution in [0.1, 0.15) is 57.2 Å². The number of halogens is 3. The number of aryl methyl sites for hydroxylation is 1. The number of hydrogen-bond acceptors (Lipinski definition) is 4. The van der Waals surface area contributed by atoms with Crippen molar-refractivity contribution in [2.75, 3.05) is 32.7 Å². The van der Waals surface area contributed by atoms with E-state index in [1.807, 2.05) is 32.6 Å². The molecule has 0 aliphatic carbocycles. The molecule has 2 aromatic rings. The maximum atomic E-state index is 14.9. The van der Waals surface area contributed by atoms with E-state index in [1.54, 1.807) is 30.9 Å². The van der Waals surface area contributed by atoms with Crippen molar-refractivity contribution >= 4 is 11.9 Å². The number of hydrogen-bond donors (Lipinski definition) is 1. The van der Waals surface area contributed by atoms with Crippen LogP contribution in [0.3, 0.4) is 0 Å². The predicted molar refractivity (Wildman–Crippen MR) is 148 cm³/mol. The Balaban J connectivity index is 1.55. The van der Waals surface area contributed by atoms with Crippen LogP contribution in [0.15, 0.2) is 36.4 Å². The zero-order chi connectivity index (χ0) is 29.6. The highest BCUT2D eigenvalue weighted by Crippen LogP contribution is 2.39. The van der Waals surface area contributed by atoms with Gasteiger partial charge in [-0.2, -0.15) is 0 Å². The molecule has 2 fully saturated rings. The molecule has 2 saturated heterocycles. The number of piperazine rings is 1. The zero-order valence-electron chi connectivity index (χ0n) is 24.2. The number of carbonyl (C=O) groups is 2. The number of carboxylic acids is 1. The quantitative estimate of drug-likeness (QED) is 0.549. The molecule has 0 spiro atoms. The van der Waals surface area contributed by atoms with Crippen LogP contribution < -0.4 is 0 Å². The van der Waals surface area contributed by atoms with Crippen molar-refractivity contribution in [3.8, 4) is 0 Å². The molecule has 0 radical (unpaired) electrons. The van der Waals surface area contributed by atoms with E-state index in [0.717, 1.165) is 11.6 Å². The molecule has 1 N–H and O–H groups in total. The summed E-state index contributed by atoms with van der Waals surface area (Å²) >= 11 is 0. The van der Waals surface area contributed by atoms with Crippen LogP contribution >= 0.6 is 0 Å². The fraction of sp³-hybridized carbons (Fsp3) is 0.548. The van der Waals surface area contributed by atoms with Crippen LogP contribution in [-0.4, -0.2) is 81.5 Å². The standard InChI is InChI=1S/C31H40F3N3O3/c1-19-7-8-21(26(33)13-19)15-31(6,29(39)40)35-11-12-37(20(2)16-35)28(38)25-18-36(30(3,4)5)17-24(25)23-10-9-22(32)14-27(23)34/h7-10,13-14,20,24-25H,11-12,15-18H2,1-6H3,(H,39,40)/t20-,24-,25+,31-/m0/s1. The van der Waals surface area contributed by atoms with E-state index < -0.39 is 40.8 Å². The van der Waals surface area contributed by atoms with Gasteiger partial charge < -0.3 is 10.0 Å². The summed E-state index contributed by atoms with van der Waals surface area (Å²) in [5, 5.41) is 10.2. The zero-order valence-corrected chi connectivity index (χ0v) is 24.2. The number of carboxylic acid groups (broad SMARTS) is 1. The summed E-state index contributed by atoms with van der Waals surface area (Å²) in [4.78, 5) is 32.3. The van der Waals surface area contributed by atoms with E-state index in [0.29, 0.717) is 43.9 Å². The number of nitrogens with zero attached hydrogens (tertiary/aromatic N) is 3. The van der Waals surface area contributed by atoms with Gasteiger partial charge in [0, 0.05) is 62.7 Å². The third-order valence-electron chi connectivity index (χ3n) is 8.76. The summed E-state index contributed by atoms with van der Waals surface area (Å²) in [7, 11) is 0. The lowest BCUT2D eigenvalue weighted by molar-refractivity contribution is -0.154. The maximum absolute atomic E-state index is 14.9. The highest BCUT2D eigenvalue weighted by molar-refractivity contribution is 5.82. The van der Waals surface area contributed by atoms with E-state index in [-0.39, 0.29) is 23.9 Å². The van der Waals surface area contributed by atoms with Crippen molar-refractivity contribution in [2.45, 2.75) is 71.0 Å². The fourth-order valence-electron chi connectivity index (χ4n) is 6.15. The Morgan fingerprint density at radius 1 is 0.925 bits per heavy atom. The molecule has 0 aromatic heterocycles. The summed E-state index contributed by atoms with van der Waals surface area (Å²) in [6.45, 7) is 13.2. The van der Waals surface area contributed by atoms with Crippen LogP contribution in [0.5, 0.6) is 0 Å². The lowest BCUT2D eigenvalue weighted by atomic mass is 9.86. The molecular weight excluding hydrogens is 519 g/mol. The predicted octanol–water partition coefficient (Wildman–Crippen LogP) is 4.84. The molecular formula is C31H40F3N3O3. The second-order valence-electron chi connectivity index (χ2n) is 12.6. The third kappa shape index (κ3) is 5.91. The van der Waals surface area contributed by atoms with Crippen LogP contribution in [0, 0.1) is 30.3 Å². The maximum Gasteiger partial charge on any atom is 0.324 e. The van der Waals surface area contributed by atoms with Crippen molar-refractivity contribution < 1.29 is 27.9 Å². The molecule has 0 unspecified atom stereocenters. The van der Waals surface area contributed by atoms with Gasteiger partial charge in [0.05, 0.1) is 5.92 Å². The molecule has 4 rings (SSSR count). The molecule has 2 heterocycles. The second-order valence-corrected chi connectivity index (χ2v) is 12.6. The SMILES string of the molecule is Cc1ccc(C[C@@](C)(C(=O)O)N2CCN(C(=O)[C@@H]3CN(C(C)(C)C)C[C@H]3c3ccc(F)cc3F)[C@@H](C)C2)c(F)c1. The molecule has 0 saturated carbocycles. The average molecular weight is 560 g/mol. The smallest absolute Gasteiger partial charge is 0.324 e. The van der Waals surface area contributed by atoms with Crippen molar-refractivity contribution in [1.82, 2.24) is 14.7 Å². The number of benzene rings is 2. The van der Waals surface area contributed by atoms with E-state index in [2.05, 4.69) is 4.90 Å². The van der Waals surface area contributed by atoms with E-state index in [9.17, 15) is 27.9 Å². The highest BCUT2D eigenvalue weighted by Gasteiger charge is 2.48.